The minimum atomic E-state index is -0.277. The number of hydrogen-bond acceptors (Lipinski definition) is 4. The van der Waals surface area contributed by atoms with Crippen LogP contribution >= 0.6 is 12.2 Å². The molecular formula is C24H32N2O3S. The summed E-state index contributed by atoms with van der Waals surface area (Å²) in [4.78, 5) is 12.5. The number of nitrogens with one attached hydrogen (secondary N) is 2. The Morgan fingerprint density at radius 1 is 0.867 bits per heavy atom. The molecule has 30 heavy (non-hydrogen) atoms. The minimum Gasteiger partial charge on any atom is -0.494 e. The summed E-state index contributed by atoms with van der Waals surface area (Å²) in [6.07, 6.45) is 6.76. The number of benzene rings is 2. The molecule has 2 N–H and O–H groups in total. The smallest absolute Gasteiger partial charge is 0.257 e. The summed E-state index contributed by atoms with van der Waals surface area (Å²) in [6.45, 7) is 5.67. The van der Waals surface area contributed by atoms with Gasteiger partial charge in [0.2, 0.25) is 0 Å². The van der Waals surface area contributed by atoms with Gasteiger partial charge in [-0.15, -0.1) is 0 Å². The Bertz CT molecular complexity index is 793. The van der Waals surface area contributed by atoms with Crippen LogP contribution in [0.5, 0.6) is 11.5 Å². The van der Waals surface area contributed by atoms with Gasteiger partial charge in [0.15, 0.2) is 5.11 Å². The summed E-state index contributed by atoms with van der Waals surface area (Å²) in [5.74, 6) is 1.23. The maximum Gasteiger partial charge on any atom is 0.257 e. The van der Waals surface area contributed by atoms with Crippen LogP contribution < -0.4 is 20.1 Å². The van der Waals surface area contributed by atoms with Crippen LogP contribution in [-0.4, -0.2) is 24.2 Å². The van der Waals surface area contributed by atoms with Gasteiger partial charge >= 0.3 is 0 Å². The lowest BCUT2D eigenvalue weighted by atomic mass is 10.2. The summed E-state index contributed by atoms with van der Waals surface area (Å²) < 4.78 is 11.4. The largest absolute Gasteiger partial charge is 0.494 e. The maximum absolute atomic E-state index is 12.5. The molecule has 2 aromatic carbocycles. The molecule has 162 valence electrons. The first kappa shape index (κ1) is 23.7. The average molecular weight is 429 g/mol. The third-order valence-corrected chi connectivity index (χ3v) is 4.67. The molecule has 0 heterocycles. The monoisotopic (exact) mass is 428 g/mol. The lowest BCUT2D eigenvalue weighted by Gasteiger charge is -2.11. The van der Waals surface area contributed by atoms with Crippen LogP contribution in [0.2, 0.25) is 0 Å². The number of carbonyl (C=O) groups is 1. The van der Waals surface area contributed by atoms with Gasteiger partial charge in [0.1, 0.15) is 11.5 Å². The number of amides is 1. The van der Waals surface area contributed by atoms with Crippen molar-refractivity contribution in [2.75, 3.05) is 18.5 Å². The molecule has 6 heteroatoms. The second kappa shape index (κ2) is 13.6. The van der Waals surface area contributed by atoms with E-state index in [1.807, 2.05) is 30.3 Å². The van der Waals surface area contributed by atoms with Gasteiger partial charge in [0, 0.05) is 11.3 Å². The molecule has 0 saturated heterocycles. The lowest BCUT2D eigenvalue weighted by Crippen LogP contribution is -2.34. The number of rotatable bonds is 12. The van der Waals surface area contributed by atoms with E-state index in [1.54, 1.807) is 18.2 Å². The van der Waals surface area contributed by atoms with Crippen molar-refractivity contribution in [1.82, 2.24) is 5.32 Å². The number of ether oxygens (including phenoxy) is 2. The van der Waals surface area contributed by atoms with Gasteiger partial charge in [0.25, 0.3) is 5.91 Å². The molecule has 0 aliphatic heterocycles. The van der Waals surface area contributed by atoms with Crippen LogP contribution in [0.1, 0.15) is 62.7 Å². The van der Waals surface area contributed by atoms with Crippen molar-refractivity contribution in [3.8, 4) is 11.5 Å². The van der Waals surface area contributed by atoms with Crippen LogP contribution in [0.3, 0.4) is 0 Å². The fraction of sp³-hybridized carbons (Fsp3) is 0.417. The van der Waals surface area contributed by atoms with Crippen molar-refractivity contribution in [1.29, 1.82) is 0 Å². The Kier molecular flexibility index (Phi) is 10.7. The van der Waals surface area contributed by atoms with E-state index >= 15 is 0 Å². The molecule has 0 saturated carbocycles. The number of anilines is 1. The second-order valence-electron chi connectivity index (χ2n) is 7.07. The van der Waals surface area contributed by atoms with Gasteiger partial charge in [0.05, 0.1) is 13.2 Å². The van der Waals surface area contributed by atoms with Gasteiger partial charge in [-0.05, 0) is 67.5 Å². The predicted octanol–water partition coefficient (Wildman–Crippen LogP) is 5.95. The summed E-state index contributed by atoms with van der Waals surface area (Å²) in [5, 5.41) is 5.97. The van der Waals surface area contributed by atoms with Gasteiger partial charge in [-0.1, -0.05) is 45.6 Å². The standard InChI is InChI=1S/C24H32N2O3S/c1-3-5-7-8-17-28-21-14-12-20(13-15-21)25-24(30)26-23(27)19-10-9-11-22(18-19)29-16-6-4-2/h9-15,18H,3-8,16-17H2,1-2H3,(H2,25,26,27,30). The van der Waals surface area contributed by atoms with Crippen molar-refractivity contribution in [3.63, 3.8) is 0 Å². The normalized spacial score (nSPS) is 10.3. The molecular weight excluding hydrogens is 396 g/mol. The summed E-state index contributed by atoms with van der Waals surface area (Å²) in [5.41, 5.74) is 1.29. The van der Waals surface area contributed by atoms with E-state index in [4.69, 9.17) is 21.7 Å². The highest BCUT2D eigenvalue weighted by Gasteiger charge is 2.09. The van der Waals surface area contributed by atoms with E-state index < -0.39 is 0 Å². The van der Waals surface area contributed by atoms with Crippen LogP contribution in [0.25, 0.3) is 0 Å². The highest BCUT2D eigenvalue weighted by atomic mass is 32.1. The highest BCUT2D eigenvalue weighted by molar-refractivity contribution is 7.80. The van der Waals surface area contributed by atoms with E-state index in [9.17, 15) is 4.79 Å². The maximum atomic E-state index is 12.5. The fourth-order valence-electron chi connectivity index (χ4n) is 2.75. The van der Waals surface area contributed by atoms with Crippen LogP contribution in [0.15, 0.2) is 48.5 Å². The fourth-order valence-corrected chi connectivity index (χ4v) is 2.96. The average Bonchev–Trinajstić information content (AvgIpc) is 2.75. The van der Waals surface area contributed by atoms with E-state index in [-0.39, 0.29) is 11.0 Å². The topological polar surface area (TPSA) is 59.6 Å². The number of thiocarbonyl (C=S) groups is 1. The minimum absolute atomic E-state index is 0.241. The lowest BCUT2D eigenvalue weighted by molar-refractivity contribution is 0.0977. The molecule has 0 bridgehead atoms. The molecule has 0 spiro atoms. The van der Waals surface area contributed by atoms with Gasteiger partial charge in [-0.2, -0.15) is 0 Å². The number of hydrogen-bond donors (Lipinski definition) is 2. The number of unbranched alkanes of at least 4 members (excludes halogenated alkanes) is 4. The Balaban J connectivity index is 1.79. The van der Waals surface area contributed by atoms with Crippen molar-refractivity contribution in [2.45, 2.75) is 52.4 Å². The third kappa shape index (κ3) is 8.82. The Morgan fingerprint density at radius 2 is 1.57 bits per heavy atom. The van der Waals surface area contributed by atoms with Crippen LogP contribution in [0.4, 0.5) is 5.69 Å². The predicted molar refractivity (Wildman–Crippen MR) is 127 cm³/mol. The molecule has 0 aromatic heterocycles. The zero-order chi connectivity index (χ0) is 21.6. The second-order valence-corrected chi connectivity index (χ2v) is 7.48. The Labute approximate surface area is 185 Å². The molecule has 0 atom stereocenters. The molecule has 0 aliphatic rings. The first-order valence-corrected chi connectivity index (χ1v) is 11.1. The van der Waals surface area contributed by atoms with Crippen molar-refractivity contribution in [2.24, 2.45) is 0 Å². The summed E-state index contributed by atoms with van der Waals surface area (Å²) >= 11 is 5.27. The van der Waals surface area contributed by atoms with E-state index in [0.717, 1.165) is 37.3 Å². The molecule has 1 amide bonds. The van der Waals surface area contributed by atoms with Crippen LogP contribution in [0, 0.1) is 0 Å². The third-order valence-electron chi connectivity index (χ3n) is 4.47. The van der Waals surface area contributed by atoms with Crippen molar-refractivity contribution >= 4 is 28.9 Å². The first-order chi connectivity index (χ1) is 14.6. The SMILES string of the molecule is CCCCCCOc1ccc(NC(=S)NC(=O)c2cccc(OCCCC)c2)cc1. The van der Waals surface area contributed by atoms with Crippen molar-refractivity contribution < 1.29 is 14.3 Å². The molecule has 0 unspecified atom stereocenters. The van der Waals surface area contributed by atoms with Crippen molar-refractivity contribution in [3.05, 3.63) is 54.1 Å². The van der Waals surface area contributed by atoms with Gasteiger partial charge < -0.3 is 14.8 Å². The number of carbonyl (C=O) groups excluding carboxylic acids is 1. The molecule has 0 radical (unpaired) electrons. The zero-order valence-corrected chi connectivity index (χ0v) is 18.7. The van der Waals surface area contributed by atoms with E-state index in [2.05, 4.69) is 24.5 Å². The highest BCUT2D eigenvalue weighted by Crippen LogP contribution is 2.17. The molecule has 0 aliphatic carbocycles. The molecule has 2 rings (SSSR count). The summed E-state index contributed by atoms with van der Waals surface area (Å²) in [6, 6.07) is 14.6. The molecule has 2 aromatic rings. The Morgan fingerprint density at radius 3 is 2.30 bits per heavy atom. The molecule has 0 fully saturated rings. The van der Waals surface area contributed by atoms with Gasteiger partial charge in [-0.3, -0.25) is 10.1 Å². The van der Waals surface area contributed by atoms with Gasteiger partial charge in [-0.25, -0.2) is 0 Å². The van der Waals surface area contributed by atoms with E-state index in [1.165, 1.54) is 19.3 Å². The zero-order valence-electron chi connectivity index (χ0n) is 17.9. The molecule has 5 nitrogen and oxygen atoms in total. The first-order valence-electron chi connectivity index (χ1n) is 10.7. The van der Waals surface area contributed by atoms with Crippen LogP contribution in [-0.2, 0) is 0 Å². The quantitative estimate of drug-likeness (QED) is 0.323. The Hall–Kier alpha value is -2.60. The summed E-state index contributed by atoms with van der Waals surface area (Å²) in [7, 11) is 0. The van der Waals surface area contributed by atoms with E-state index in [0.29, 0.717) is 17.9 Å².